The van der Waals surface area contributed by atoms with E-state index in [0.717, 1.165) is 4.88 Å². The molecule has 0 fully saturated rings. The number of benzene rings is 1. The number of hydrogen-bond donors (Lipinski definition) is 1. The Morgan fingerprint density at radius 1 is 1.26 bits per heavy atom. The van der Waals surface area contributed by atoms with Crippen LogP contribution in [0.4, 0.5) is 5.69 Å². The summed E-state index contributed by atoms with van der Waals surface area (Å²) in [4.78, 5) is 21.5. The third kappa shape index (κ3) is 3.29. The standard InChI is InChI=1S/C16H13N3O3S/c1-21-13-5-3-2-4-11(13)16(20)22-15-8-18-7-12(19-15)14-6-10(17)9-23-14/h2-9H,17H2,1H3. The largest absolute Gasteiger partial charge is 0.496 e. The van der Waals surface area contributed by atoms with Gasteiger partial charge in [-0.2, -0.15) is 0 Å². The maximum Gasteiger partial charge on any atom is 0.348 e. The Hall–Kier alpha value is -2.93. The van der Waals surface area contributed by atoms with Crippen LogP contribution in [0.1, 0.15) is 10.4 Å². The van der Waals surface area contributed by atoms with Gasteiger partial charge in [-0.05, 0) is 18.2 Å². The van der Waals surface area contributed by atoms with Crippen LogP contribution in [0.25, 0.3) is 10.6 Å². The molecule has 0 spiro atoms. The van der Waals surface area contributed by atoms with Crippen LogP contribution >= 0.6 is 11.3 Å². The first kappa shape index (κ1) is 15.0. The number of rotatable bonds is 4. The van der Waals surface area contributed by atoms with Crippen molar-refractivity contribution in [2.75, 3.05) is 12.8 Å². The van der Waals surface area contributed by atoms with Gasteiger partial charge in [0.1, 0.15) is 17.0 Å². The van der Waals surface area contributed by atoms with Crippen molar-refractivity contribution in [1.29, 1.82) is 0 Å². The predicted molar refractivity (Wildman–Crippen MR) is 87.7 cm³/mol. The van der Waals surface area contributed by atoms with E-state index < -0.39 is 5.97 Å². The van der Waals surface area contributed by atoms with Gasteiger partial charge in [0.05, 0.1) is 24.4 Å². The van der Waals surface area contributed by atoms with Gasteiger partial charge in [-0.1, -0.05) is 12.1 Å². The van der Waals surface area contributed by atoms with Gasteiger partial charge in [0, 0.05) is 11.1 Å². The smallest absolute Gasteiger partial charge is 0.348 e. The summed E-state index contributed by atoms with van der Waals surface area (Å²) in [5, 5.41) is 1.81. The number of para-hydroxylation sites is 1. The fourth-order valence-electron chi connectivity index (χ4n) is 1.96. The number of methoxy groups -OCH3 is 1. The van der Waals surface area contributed by atoms with E-state index in [0.29, 0.717) is 22.7 Å². The topological polar surface area (TPSA) is 87.3 Å². The van der Waals surface area contributed by atoms with Gasteiger partial charge in [-0.15, -0.1) is 11.3 Å². The molecule has 7 heteroatoms. The highest BCUT2D eigenvalue weighted by Gasteiger charge is 2.15. The molecule has 0 saturated heterocycles. The Morgan fingerprint density at radius 2 is 2.09 bits per heavy atom. The molecule has 0 aliphatic heterocycles. The number of carbonyl (C=O) groups is 1. The Bertz CT molecular complexity index is 848. The molecule has 23 heavy (non-hydrogen) atoms. The van der Waals surface area contributed by atoms with Crippen molar-refractivity contribution in [3.05, 3.63) is 53.7 Å². The minimum Gasteiger partial charge on any atom is -0.496 e. The summed E-state index contributed by atoms with van der Waals surface area (Å²) in [5.41, 5.74) is 7.28. The minimum atomic E-state index is -0.556. The van der Waals surface area contributed by atoms with Crippen LogP contribution in [0.5, 0.6) is 11.6 Å². The molecule has 0 radical (unpaired) electrons. The van der Waals surface area contributed by atoms with Crippen LogP contribution in [-0.2, 0) is 0 Å². The number of aromatic nitrogens is 2. The molecule has 1 aromatic carbocycles. The maximum absolute atomic E-state index is 12.3. The first-order valence-electron chi connectivity index (χ1n) is 6.69. The van der Waals surface area contributed by atoms with Crippen molar-refractivity contribution in [1.82, 2.24) is 9.97 Å². The third-order valence-corrected chi connectivity index (χ3v) is 3.98. The van der Waals surface area contributed by atoms with E-state index in [1.165, 1.54) is 24.6 Å². The zero-order chi connectivity index (χ0) is 16.2. The first-order valence-corrected chi connectivity index (χ1v) is 7.57. The lowest BCUT2D eigenvalue weighted by Crippen LogP contribution is -2.11. The van der Waals surface area contributed by atoms with Crippen LogP contribution in [-0.4, -0.2) is 23.0 Å². The van der Waals surface area contributed by atoms with Crippen molar-refractivity contribution < 1.29 is 14.3 Å². The molecule has 2 aromatic heterocycles. The number of nitrogen functional groups attached to an aromatic ring is 1. The van der Waals surface area contributed by atoms with Gasteiger partial charge in [-0.3, -0.25) is 4.98 Å². The molecule has 2 N–H and O–H groups in total. The van der Waals surface area contributed by atoms with Crippen molar-refractivity contribution >= 4 is 23.0 Å². The van der Waals surface area contributed by atoms with Crippen molar-refractivity contribution in [3.63, 3.8) is 0 Å². The Labute approximate surface area is 136 Å². The second-order valence-corrected chi connectivity index (χ2v) is 5.49. The van der Waals surface area contributed by atoms with Gasteiger partial charge < -0.3 is 15.2 Å². The van der Waals surface area contributed by atoms with Crippen LogP contribution in [0.15, 0.2) is 48.1 Å². The molecule has 0 saturated carbocycles. The van der Waals surface area contributed by atoms with E-state index in [2.05, 4.69) is 9.97 Å². The lowest BCUT2D eigenvalue weighted by Gasteiger charge is -2.07. The molecular weight excluding hydrogens is 314 g/mol. The molecular formula is C16H13N3O3S. The summed E-state index contributed by atoms with van der Waals surface area (Å²) in [6, 6.07) is 8.61. The highest BCUT2D eigenvalue weighted by molar-refractivity contribution is 7.14. The number of thiophene rings is 1. The molecule has 0 amide bonds. The van der Waals surface area contributed by atoms with E-state index >= 15 is 0 Å². The third-order valence-electron chi connectivity index (χ3n) is 3.01. The normalized spacial score (nSPS) is 10.3. The molecule has 0 aliphatic rings. The molecule has 116 valence electrons. The fourth-order valence-corrected chi connectivity index (χ4v) is 2.72. The second-order valence-electron chi connectivity index (χ2n) is 4.58. The zero-order valence-electron chi connectivity index (χ0n) is 12.2. The Balaban J connectivity index is 1.84. The van der Waals surface area contributed by atoms with E-state index in [1.807, 2.05) is 5.38 Å². The summed E-state index contributed by atoms with van der Waals surface area (Å²) in [5.74, 6) is -0.00221. The zero-order valence-corrected chi connectivity index (χ0v) is 13.0. The summed E-state index contributed by atoms with van der Waals surface area (Å²) < 4.78 is 10.4. The lowest BCUT2D eigenvalue weighted by molar-refractivity contribution is 0.0723. The average Bonchev–Trinajstić information content (AvgIpc) is 3.01. The molecule has 0 unspecified atom stereocenters. The van der Waals surface area contributed by atoms with Crippen molar-refractivity contribution in [3.8, 4) is 22.2 Å². The SMILES string of the molecule is COc1ccccc1C(=O)Oc1cncc(-c2cc(N)cs2)n1. The van der Waals surface area contributed by atoms with Crippen molar-refractivity contribution in [2.24, 2.45) is 0 Å². The van der Waals surface area contributed by atoms with Gasteiger partial charge in [0.25, 0.3) is 0 Å². The first-order chi connectivity index (χ1) is 11.2. The molecule has 2 heterocycles. The number of ether oxygens (including phenoxy) is 2. The summed E-state index contributed by atoms with van der Waals surface area (Å²) in [6.07, 6.45) is 2.97. The second kappa shape index (κ2) is 6.45. The average molecular weight is 327 g/mol. The number of carbonyl (C=O) groups excluding carboxylic acids is 1. The summed E-state index contributed by atoms with van der Waals surface area (Å²) in [6.45, 7) is 0. The van der Waals surface area contributed by atoms with Gasteiger partial charge in [-0.25, -0.2) is 9.78 Å². The number of nitrogens with two attached hydrogens (primary N) is 1. The number of anilines is 1. The summed E-state index contributed by atoms with van der Waals surface area (Å²) >= 11 is 1.44. The lowest BCUT2D eigenvalue weighted by atomic mass is 10.2. The summed E-state index contributed by atoms with van der Waals surface area (Å²) in [7, 11) is 1.49. The number of nitrogens with zero attached hydrogens (tertiary/aromatic N) is 2. The van der Waals surface area contributed by atoms with Crippen LogP contribution in [0.2, 0.25) is 0 Å². The van der Waals surface area contributed by atoms with Gasteiger partial charge in [0.2, 0.25) is 5.88 Å². The molecule has 3 aromatic rings. The molecule has 0 aliphatic carbocycles. The molecule has 3 rings (SSSR count). The molecule has 0 atom stereocenters. The highest BCUT2D eigenvalue weighted by Crippen LogP contribution is 2.27. The Kier molecular flexibility index (Phi) is 4.20. The van der Waals surface area contributed by atoms with Crippen LogP contribution < -0.4 is 15.2 Å². The maximum atomic E-state index is 12.3. The molecule has 0 bridgehead atoms. The molecule has 6 nitrogen and oxygen atoms in total. The van der Waals surface area contributed by atoms with E-state index in [-0.39, 0.29) is 5.88 Å². The van der Waals surface area contributed by atoms with Crippen molar-refractivity contribution in [2.45, 2.75) is 0 Å². The number of esters is 1. The fraction of sp³-hybridized carbons (Fsp3) is 0.0625. The predicted octanol–water partition coefficient (Wildman–Crippen LogP) is 3.02. The highest BCUT2D eigenvalue weighted by atomic mass is 32.1. The van der Waals surface area contributed by atoms with Crippen LogP contribution in [0.3, 0.4) is 0 Å². The Morgan fingerprint density at radius 3 is 2.83 bits per heavy atom. The van der Waals surface area contributed by atoms with E-state index in [9.17, 15) is 4.79 Å². The van der Waals surface area contributed by atoms with Gasteiger partial charge >= 0.3 is 5.97 Å². The van der Waals surface area contributed by atoms with Gasteiger partial charge in [0.15, 0.2) is 0 Å². The van der Waals surface area contributed by atoms with E-state index in [1.54, 1.807) is 36.5 Å². The van der Waals surface area contributed by atoms with Crippen LogP contribution in [0, 0.1) is 0 Å². The quantitative estimate of drug-likeness (QED) is 0.741. The number of hydrogen-bond acceptors (Lipinski definition) is 7. The monoisotopic (exact) mass is 327 g/mol. The minimum absolute atomic E-state index is 0.116. The van der Waals surface area contributed by atoms with E-state index in [4.69, 9.17) is 15.2 Å².